The van der Waals surface area contributed by atoms with Crippen molar-refractivity contribution in [3.63, 3.8) is 0 Å². The van der Waals surface area contributed by atoms with Gasteiger partial charge in [0, 0.05) is 0 Å². The van der Waals surface area contributed by atoms with E-state index in [1.165, 1.54) is 6.07 Å². The quantitative estimate of drug-likeness (QED) is 0.740. The molecule has 0 aromatic heterocycles. The molecule has 0 aliphatic carbocycles. The Morgan fingerprint density at radius 1 is 1.36 bits per heavy atom. The standard InChI is InChI=1S/C10H13FN2O/c11-7-3-1-2-4-9(7)13-10-6-14-5-8(10)12/h1-4,8,10,13H,5-6,12H2/t8-,10+/m1/s1. The van der Waals surface area contributed by atoms with Gasteiger partial charge in [-0.1, -0.05) is 12.1 Å². The van der Waals surface area contributed by atoms with E-state index >= 15 is 0 Å². The van der Waals surface area contributed by atoms with Gasteiger partial charge in [0.05, 0.1) is 31.0 Å². The van der Waals surface area contributed by atoms with E-state index in [1.54, 1.807) is 18.2 Å². The van der Waals surface area contributed by atoms with Gasteiger partial charge in [0.1, 0.15) is 5.82 Å². The summed E-state index contributed by atoms with van der Waals surface area (Å²) >= 11 is 0. The van der Waals surface area contributed by atoms with Gasteiger partial charge < -0.3 is 15.8 Å². The zero-order valence-electron chi connectivity index (χ0n) is 7.74. The lowest BCUT2D eigenvalue weighted by Crippen LogP contribution is -2.38. The first kappa shape index (κ1) is 9.43. The Morgan fingerprint density at radius 2 is 2.14 bits per heavy atom. The highest BCUT2D eigenvalue weighted by molar-refractivity contribution is 5.45. The van der Waals surface area contributed by atoms with Crippen LogP contribution in [0.5, 0.6) is 0 Å². The summed E-state index contributed by atoms with van der Waals surface area (Å²) in [6.07, 6.45) is 0. The van der Waals surface area contributed by atoms with Crippen LogP contribution in [0.2, 0.25) is 0 Å². The molecule has 3 N–H and O–H groups in total. The number of nitrogens with one attached hydrogen (secondary N) is 1. The van der Waals surface area contributed by atoms with Gasteiger partial charge in [-0.15, -0.1) is 0 Å². The van der Waals surface area contributed by atoms with Gasteiger partial charge in [0.25, 0.3) is 0 Å². The van der Waals surface area contributed by atoms with Crippen LogP contribution in [0.1, 0.15) is 0 Å². The average Bonchev–Trinajstić information content (AvgIpc) is 2.56. The molecule has 0 saturated carbocycles. The number of benzene rings is 1. The summed E-state index contributed by atoms with van der Waals surface area (Å²) in [6, 6.07) is 6.50. The fraction of sp³-hybridized carbons (Fsp3) is 0.400. The van der Waals surface area contributed by atoms with E-state index in [9.17, 15) is 4.39 Å². The normalized spacial score (nSPS) is 26.4. The zero-order chi connectivity index (χ0) is 9.97. The summed E-state index contributed by atoms with van der Waals surface area (Å²) in [5, 5.41) is 3.03. The van der Waals surface area contributed by atoms with Crippen molar-refractivity contribution < 1.29 is 9.13 Å². The van der Waals surface area contributed by atoms with E-state index < -0.39 is 0 Å². The highest BCUT2D eigenvalue weighted by Gasteiger charge is 2.24. The van der Waals surface area contributed by atoms with Crippen LogP contribution in [0.3, 0.4) is 0 Å². The maximum absolute atomic E-state index is 13.2. The highest BCUT2D eigenvalue weighted by Crippen LogP contribution is 2.16. The molecule has 2 rings (SSSR count). The number of ether oxygens (including phenoxy) is 1. The maximum atomic E-state index is 13.2. The zero-order valence-corrected chi connectivity index (χ0v) is 7.74. The van der Waals surface area contributed by atoms with Crippen LogP contribution >= 0.6 is 0 Å². The molecule has 0 bridgehead atoms. The largest absolute Gasteiger partial charge is 0.378 e. The predicted octanol–water partition coefficient (Wildman–Crippen LogP) is 0.964. The van der Waals surface area contributed by atoms with E-state index in [0.29, 0.717) is 18.9 Å². The lowest BCUT2D eigenvalue weighted by Gasteiger charge is -2.16. The molecule has 14 heavy (non-hydrogen) atoms. The van der Waals surface area contributed by atoms with E-state index in [0.717, 1.165) is 0 Å². The molecule has 3 nitrogen and oxygen atoms in total. The Balaban J connectivity index is 2.07. The number of rotatable bonds is 2. The van der Waals surface area contributed by atoms with Crippen molar-refractivity contribution in [1.82, 2.24) is 0 Å². The van der Waals surface area contributed by atoms with Crippen LogP contribution in [-0.4, -0.2) is 25.3 Å². The number of hydrogen-bond acceptors (Lipinski definition) is 3. The molecule has 4 heteroatoms. The first-order valence-electron chi connectivity index (χ1n) is 4.62. The molecule has 0 unspecified atom stereocenters. The van der Waals surface area contributed by atoms with Crippen LogP contribution in [0, 0.1) is 5.82 Å². The minimum absolute atomic E-state index is 0.00639. The molecule has 1 aromatic carbocycles. The second kappa shape index (κ2) is 3.94. The molecular weight excluding hydrogens is 183 g/mol. The second-order valence-electron chi connectivity index (χ2n) is 3.43. The Morgan fingerprint density at radius 3 is 2.79 bits per heavy atom. The van der Waals surface area contributed by atoms with Gasteiger partial charge in [-0.05, 0) is 12.1 Å². The molecule has 0 amide bonds. The third-order valence-corrected chi connectivity index (χ3v) is 2.34. The van der Waals surface area contributed by atoms with E-state index in [-0.39, 0.29) is 17.9 Å². The first-order valence-corrected chi connectivity index (χ1v) is 4.62. The summed E-state index contributed by atoms with van der Waals surface area (Å²) in [7, 11) is 0. The van der Waals surface area contributed by atoms with E-state index in [2.05, 4.69) is 5.32 Å². The van der Waals surface area contributed by atoms with Crippen LogP contribution in [0.15, 0.2) is 24.3 Å². The topological polar surface area (TPSA) is 47.3 Å². The van der Waals surface area contributed by atoms with Crippen molar-refractivity contribution in [2.45, 2.75) is 12.1 Å². The van der Waals surface area contributed by atoms with Gasteiger partial charge in [0.15, 0.2) is 0 Å². The summed E-state index contributed by atoms with van der Waals surface area (Å²) < 4.78 is 18.4. The third-order valence-electron chi connectivity index (χ3n) is 2.34. The smallest absolute Gasteiger partial charge is 0.146 e. The lowest BCUT2D eigenvalue weighted by atomic mass is 10.1. The van der Waals surface area contributed by atoms with Gasteiger partial charge >= 0.3 is 0 Å². The minimum atomic E-state index is -0.258. The van der Waals surface area contributed by atoms with Crippen LogP contribution in [0.4, 0.5) is 10.1 Å². The van der Waals surface area contributed by atoms with Crippen molar-refractivity contribution in [3.05, 3.63) is 30.1 Å². The molecule has 2 atom stereocenters. The van der Waals surface area contributed by atoms with Crippen molar-refractivity contribution >= 4 is 5.69 Å². The maximum Gasteiger partial charge on any atom is 0.146 e. The Labute approximate surface area is 82.1 Å². The lowest BCUT2D eigenvalue weighted by molar-refractivity contribution is 0.192. The van der Waals surface area contributed by atoms with E-state index in [4.69, 9.17) is 10.5 Å². The molecular formula is C10H13FN2O. The SMILES string of the molecule is N[C@@H]1COC[C@@H]1Nc1ccccc1F. The third kappa shape index (κ3) is 1.86. The number of nitrogens with two attached hydrogens (primary N) is 1. The fourth-order valence-electron chi connectivity index (χ4n) is 1.50. The van der Waals surface area contributed by atoms with Gasteiger partial charge in [0.2, 0.25) is 0 Å². The molecule has 0 radical (unpaired) electrons. The minimum Gasteiger partial charge on any atom is -0.378 e. The summed E-state index contributed by atoms with van der Waals surface area (Å²) in [5.74, 6) is -0.258. The summed E-state index contributed by atoms with van der Waals surface area (Å²) in [5.41, 5.74) is 6.25. The van der Waals surface area contributed by atoms with Crippen molar-refractivity contribution in [2.24, 2.45) is 5.73 Å². The second-order valence-corrected chi connectivity index (χ2v) is 3.43. The van der Waals surface area contributed by atoms with Crippen molar-refractivity contribution in [3.8, 4) is 0 Å². The molecule has 1 fully saturated rings. The molecule has 1 aromatic rings. The van der Waals surface area contributed by atoms with E-state index in [1.807, 2.05) is 0 Å². The number of hydrogen-bond donors (Lipinski definition) is 2. The number of para-hydroxylation sites is 1. The monoisotopic (exact) mass is 196 g/mol. The van der Waals surface area contributed by atoms with Gasteiger partial charge in [-0.25, -0.2) is 4.39 Å². The molecule has 1 saturated heterocycles. The fourth-order valence-corrected chi connectivity index (χ4v) is 1.50. The highest BCUT2D eigenvalue weighted by atomic mass is 19.1. The Bertz CT molecular complexity index is 319. The van der Waals surface area contributed by atoms with Gasteiger partial charge in [-0.2, -0.15) is 0 Å². The van der Waals surface area contributed by atoms with Crippen LogP contribution in [0.25, 0.3) is 0 Å². The molecule has 1 aliphatic rings. The van der Waals surface area contributed by atoms with Crippen molar-refractivity contribution in [2.75, 3.05) is 18.5 Å². The van der Waals surface area contributed by atoms with Crippen LogP contribution < -0.4 is 11.1 Å². The van der Waals surface area contributed by atoms with Gasteiger partial charge in [-0.3, -0.25) is 0 Å². The first-order chi connectivity index (χ1) is 6.77. The van der Waals surface area contributed by atoms with Crippen LogP contribution in [-0.2, 0) is 4.74 Å². The Hall–Kier alpha value is -1.13. The molecule has 1 aliphatic heterocycles. The molecule has 1 heterocycles. The number of halogens is 1. The van der Waals surface area contributed by atoms with Crippen molar-refractivity contribution in [1.29, 1.82) is 0 Å². The number of anilines is 1. The Kier molecular flexibility index (Phi) is 2.65. The predicted molar refractivity (Wildman–Crippen MR) is 52.6 cm³/mol. The summed E-state index contributed by atoms with van der Waals surface area (Å²) in [6.45, 7) is 1.07. The summed E-state index contributed by atoms with van der Waals surface area (Å²) in [4.78, 5) is 0. The average molecular weight is 196 g/mol. The molecule has 0 spiro atoms. The molecule has 76 valence electrons.